The molecule has 0 bridgehead atoms. The van der Waals surface area contributed by atoms with E-state index in [2.05, 4.69) is 14.4 Å². The van der Waals surface area contributed by atoms with Crippen molar-refractivity contribution in [2.45, 2.75) is 49.3 Å². The van der Waals surface area contributed by atoms with E-state index in [4.69, 9.17) is 0 Å². The van der Waals surface area contributed by atoms with Crippen LogP contribution in [-0.2, 0) is 30.3 Å². The number of carbonyl (C=O) groups is 1. The Morgan fingerprint density at radius 3 is 2.56 bits per heavy atom. The predicted octanol–water partition coefficient (Wildman–Crippen LogP) is 3.96. The molecule has 1 saturated carbocycles. The fourth-order valence-electron chi connectivity index (χ4n) is 5.57. The Labute approximate surface area is 210 Å². The number of hydrogen-bond donors (Lipinski definition) is 3. The molecule has 36 heavy (non-hydrogen) atoms. The number of benzene rings is 2. The minimum absolute atomic E-state index is 0.0640. The molecule has 9 nitrogen and oxygen atoms in total. The zero-order valence-electron chi connectivity index (χ0n) is 19.9. The Kier molecular flexibility index (Phi) is 5.75. The number of aliphatic hydroxyl groups is 1. The smallest absolute Gasteiger partial charge is 0.286 e. The lowest BCUT2D eigenvalue weighted by atomic mass is 9.65. The van der Waals surface area contributed by atoms with Gasteiger partial charge in [0.1, 0.15) is 16.2 Å². The number of hydrogen-bond acceptors (Lipinski definition) is 7. The maximum Gasteiger partial charge on any atom is 0.286 e. The zero-order chi connectivity index (χ0) is 25.9. The Morgan fingerprint density at radius 1 is 1.17 bits per heavy atom. The van der Waals surface area contributed by atoms with E-state index in [1.165, 1.54) is 12.1 Å². The molecule has 3 aliphatic rings. The summed E-state index contributed by atoms with van der Waals surface area (Å²) in [6, 6.07) is 11.1. The number of amidine groups is 1. The maximum absolute atomic E-state index is 14.0. The van der Waals surface area contributed by atoms with Crippen LogP contribution in [0.4, 0.5) is 11.4 Å². The first-order valence-electron chi connectivity index (χ1n) is 11.7. The number of nitrogens with zero attached hydrogens (tertiary/aromatic N) is 1. The van der Waals surface area contributed by atoms with Gasteiger partial charge in [0.05, 0.1) is 17.4 Å². The molecule has 0 amide bonds. The van der Waals surface area contributed by atoms with Gasteiger partial charge in [-0.1, -0.05) is 49.9 Å². The quantitative estimate of drug-likeness (QED) is 0.532. The number of sulfonamides is 2. The first kappa shape index (κ1) is 24.5. The molecule has 5 rings (SSSR count). The number of rotatable bonds is 5. The number of nitrogens with one attached hydrogen (secondary N) is 2. The molecule has 11 heteroatoms. The van der Waals surface area contributed by atoms with E-state index in [0.717, 1.165) is 43.6 Å². The van der Waals surface area contributed by atoms with E-state index in [0.29, 0.717) is 17.9 Å². The topological polar surface area (TPSA) is 142 Å². The number of Topliss-reactive ketones (excluding diaryl/α,β-unsaturated/α-hetero) is 1. The monoisotopic (exact) mass is 529 g/mol. The van der Waals surface area contributed by atoms with Crippen molar-refractivity contribution in [1.82, 2.24) is 0 Å². The summed E-state index contributed by atoms with van der Waals surface area (Å²) in [7, 11) is -7.93. The fraction of sp³-hybridized carbons (Fsp3) is 0.360. The molecule has 3 N–H and O–H groups in total. The van der Waals surface area contributed by atoms with Crippen molar-refractivity contribution in [1.29, 1.82) is 0 Å². The number of fused-ring (bicyclic) bond motifs is 2. The number of ketones is 1. The van der Waals surface area contributed by atoms with E-state index in [1.807, 2.05) is 19.1 Å². The van der Waals surface area contributed by atoms with E-state index in [9.17, 15) is 26.7 Å². The highest BCUT2D eigenvalue weighted by Gasteiger charge is 2.47. The largest absolute Gasteiger partial charge is 0.506 e. The first-order chi connectivity index (χ1) is 16.9. The number of aliphatic hydroxyl groups excluding tert-OH is 1. The summed E-state index contributed by atoms with van der Waals surface area (Å²) in [6.07, 6.45) is 5.84. The summed E-state index contributed by atoms with van der Waals surface area (Å²) in [6.45, 7) is 1.86. The third-order valence-corrected chi connectivity index (χ3v) is 9.10. The highest BCUT2D eigenvalue weighted by molar-refractivity contribution is 7.92. The Bertz CT molecular complexity index is 1550. The van der Waals surface area contributed by atoms with Crippen LogP contribution in [-0.4, -0.2) is 39.8 Å². The van der Waals surface area contributed by atoms with Crippen LogP contribution >= 0.6 is 0 Å². The van der Waals surface area contributed by atoms with Gasteiger partial charge in [0.15, 0.2) is 11.6 Å². The second-order valence-corrected chi connectivity index (χ2v) is 13.2. The molecular weight excluding hydrogens is 502 g/mol. The first-order valence-corrected chi connectivity index (χ1v) is 15.0. The van der Waals surface area contributed by atoms with Gasteiger partial charge in [-0.15, -0.1) is 4.40 Å². The molecule has 1 heterocycles. The second kappa shape index (κ2) is 8.45. The Balaban J connectivity index is 1.61. The fourth-order valence-corrected chi connectivity index (χ4v) is 7.27. The summed E-state index contributed by atoms with van der Waals surface area (Å²) < 4.78 is 55.5. The summed E-state index contributed by atoms with van der Waals surface area (Å²) in [4.78, 5) is 13.8. The lowest BCUT2D eigenvalue weighted by Gasteiger charge is -2.37. The third kappa shape index (κ3) is 4.20. The van der Waals surface area contributed by atoms with Gasteiger partial charge in [0.2, 0.25) is 10.0 Å². The number of carbonyl (C=O) groups excluding carboxylic acids is 1. The minimum Gasteiger partial charge on any atom is -0.506 e. The van der Waals surface area contributed by atoms with Crippen LogP contribution < -0.4 is 10.0 Å². The molecule has 0 saturated heterocycles. The molecule has 2 aromatic carbocycles. The lowest BCUT2D eigenvalue weighted by molar-refractivity contribution is -0.120. The standard InChI is InChI=1S/C25H27N3O6S2/c1-25(14-15-7-3-4-8-15)18-10-6-5-9-17(18)22(29)21(23(25)30)24-26-19-12-11-16(27-35(2,31)32)13-20(19)36(33,34)28-24/h5-6,9-13,15,27,29H,3-4,7-8,14H2,1-2H3,(H,26,28)/t25-/m1/s1. The van der Waals surface area contributed by atoms with Crippen molar-refractivity contribution >= 4 is 48.8 Å². The van der Waals surface area contributed by atoms with Crippen LogP contribution in [0.25, 0.3) is 5.76 Å². The molecule has 0 aromatic heterocycles. The minimum atomic E-state index is -4.31. The maximum atomic E-state index is 14.0. The third-order valence-electron chi connectivity index (χ3n) is 7.18. The summed E-state index contributed by atoms with van der Waals surface area (Å²) in [5.41, 5.74) is 0.275. The van der Waals surface area contributed by atoms with Crippen molar-refractivity contribution in [2.24, 2.45) is 10.3 Å². The van der Waals surface area contributed by atoms with Crippen LogP contribution in [0.1, 0.15) is 50.2 Å². The highest BCUT2D eigenvalue weighted by atomic mass is 32.2. The summed E-state index contributed by atoms with van der Waals surface area (Å²) in [5.74, 6) is -0.591. The average molecular weight is 530 g/mol. The van der Waals surface area contributed by atoms with Gasteiger partial charge in [-0.05, 0) is 43.0 Å². The molecule has 0 spiro atoms. The molecule has 190 valence electrons. The van der Waals surface area contributed by atoms with Crippen molar-refractivity contribution in [3.05, 3.63) is 59.2 Å². The van der Waals surface area contributed by atoms with E-state index in [1.54, 1.807) is 12.1 Å². The van der Waals surface area contributed by atoms with Crippen LogP contribution in [0.5, 0.6) is 0 Å². The Hall–Kier alpha value is -3.18. The molecular formula is C25H27N3O6S2. The molecule has 2 aliphatic carbocycles. The molecule has 2 aromatic rings. The molecule has 1 atom stereocenters. The zero-order valence-corrected chi connectivity index (χ0v) is 21.5. The van der Waals surface area contributed by atoms with Crippen LogP contribution in [0.15, 0.2) is 57.3 Å². The number of anilines is 2. The van der Waals surface area contributed by atoms with Gasteiger partial charge in [-0.25, -0.2) is 8.42 Å². The second-order valence-electron chi connectivity index (χ2n) is 9.91. The lowest BCUT2D eigenvalue weighted by Crippen LogP contribution is -2.43. The van der Waals surface area contributed by atoms with E-state index >= 15 is 0 Å². The van der Waals surface area contributed by atoms with Crippen LogP contribution in [0, 0.1) is 5.92 Å². The van der Waals surface area contributed by atoms with E-state index in [-0.39, 0.29) is 39.2 Å². The van der Waals surface area contributed by atoms with Gasteiger partial charge in [0, 0.05) is 11.3 Å². The normalized spacial score (nSPS) is 23.5. The van der Waals surface area contributed by atoms with Crippen molar-refractivity contribution < 1.29 is 26.7 Å². The Morgan fingerprint density at radius 2 is 1.86 bits per heavy atom. The molecule has 1 aliphatic heterocycles. The van der Waals surface area contributed by atoms with Crippen LogP contribution in [0.3, 0.4) is 0 Å². The van der Waals surface area contributed by atoms with Gasteiger partial charge < -0.3 is 10.4 Å². The van der Waals surface area contributed by atoms with Gasteiger partial charge in [0.25, 0.3) is 10.0 Å². The average Bonchev–Trinajstić information content (AvgIpc) is 3.30. The summed E-state index contributed by atoms with van der Waals surface area (Å²) >= 11 is 0. The van der Waals surface area contributed by atoms with Crippen molar-refractivity contribution in [2.75, 3.05) is 16.3 Å². The van der Waals surface area contributed by atoms with Crippen molar-refractivity contribution in [3.8, 4) is 0 Å². The van der Waals surface area contributed by atoms with E-state index < -0.39 is 25.5 Å². The van der Waals surface area contributed by atoms with Gasteiger partial charge >= 0.3 is 0 Å². The predicted molar refractivity (Wildman–Crippen MR) is 138 cm³/mol. The summed E-state index contributed by atoms with van der Waals surface area (Å²) in [5, 5.41) is 14.1. The SMILES string of the molecule is C[C@]1(CC2CCCC2)C(=O)C(C2=NS(=O)(=O)c3cc(NS(C)(=O)=O)ccc3N2)=C(O)c2ccccc21. The molecule has 0 radical (unpaired) electrons. The molecule has 0 unspecified atom stereocenters. The van der Waals surface area contributed by atoms with Gasteiger partial charge in [-0.3, -0.25) is 9.52 Å². The van der Waals surface area contributed by atoms with Crippen LogP contribution in [0.2, 0.25) is 0 Å². The molecule has 1 fully saturated rings. The highest BCUT2D eigenvalue weighted by Crippen LogP contribution is 2.46. The van der Waals surface area contributed by atoms with Gasteiger partial charge in [-0.2, -0.15) is 8.42 Å². The van der Waals surface area contributed by atoms with Crippen molar-refractivity contribution in [3.63, 3.8) is 0 Å².